The predicted octanol–water partition coefficient (Wildman–Crippen LogP) is 2.55. The summed E-state index contributed by atoms with van der Waals surface area (Å²) in [5.41, 5.74) is 2.86. The molecule has 0 saturated carbocycles. The molecule has 0 aliphatic rings. The molecule has 1 heterocycles. The highest BCUT2D eigenvalue weighted by molar-refractivity contribution is 7.12. The van der Waals surface area contributed by atoms with Gasteiger partial charge in [0, 0.05) is 12.7 Å². The van der Waals surface area contributed by atoms with Crippen molar-refractivity contribution in [1.82, 2.24) is 5.32 Å². The first-order valence-corrected chi connectivity index (χ1v) is 7.58. The van der Waals surface area contributed by atoms with E-state index in [4.69, 9.17) is 9.84 Å². The standard InChI is InChI=1S/C16H17NO4S/c1-10-3-5-11(6-4-10)12-7-8-22-14(12)15(18)17-13(9-21-2)16(19)20/h3-8,13H,9H2,1-2H3,(H,17,18)(H,19,20). The molecule has 0 spiro atoms. The summed E-state index contributed by atoms with van der Waals surface area (Å²) in [4.78, 5) is 23.9. The number of benzene rings is 1. The lowest BCUT2D eigenvalue weighted by Crippen LogP contribution is -2.43. The van der Waals surface area contributed by atoms with Gasteiger partial charge in [-0.25, -0.2) is 4.79 Å². The number of rotatable bonds is 6. The Labute approximate surface area is 132 Å². The molecule has 5 nitrogen and oxygen atoms in total. The number of carboxylic acid groups (broad SMARTS) is 1. The van der Waals surface area contributed by atoms with Crippen LogP contribution in [0, 0.1) is 6.92 Å². The number of methoxy groups -OCH3 is 1. The second kappa shape index (κ2) is 7.20. The minimum absolute atomic E-state index is 0.0771. The normalized spacial score (nSPS) is 11.9. The molecule has 0 aliphatic carbocycles. The van der Waals surface area contributed by atoms with Gasteiger partial charge in [0.25, 0.3) is 5.91 Å². The van der Waals surface area contributed by atoms with Gasteiger partial charge in [-0.1, -0.05) is 29.8 Å². The summed E-state index contributed by atoms with van der Waals surface area (Å²) in [6.07, 6.45) is 0. The third kappa shape index (κ3) is 3.72. The third-order valence-corrected chi connectivity index (χ3v) is 4.08. The van der Waals surface area contributed by atoms with Crippen molar-refractivity contribution in [1.29, 1.82) is 0 Å². The van der Waals surface area contributed by atoms with Crippen LogP contribution >= 0.6 is 11.3 Å². The minimum Gasteiger partial charge on any atom is -0.480 e. The molecule has 22 heavy (non-hydrogen) atoms. The molecule has 0 bridgehead atoms. The Morgan fingerprint density at radius 3 is 2.55 bits per heavy atom. The molecule has 1 aromatic heterocycles. The second-order valence-corrected chi connectivity index (χ2v) is 5.77. The van der Waals surface area contributed by atoms with Gasteiger partial charge in [0.1, 0.15) is 0 Å². The number of amides is 1. The maximum Gasteiger partial charge on any atom is 0.328 e. The molecule has 2 aromatic rings. The van der Waals surface area contributed by atoms with Crippen LogP contribution in [0.25, 0.3) is 11.1 Å². The zero-order valence-electron chi connectivity index (χ0n) is 12.3. The number of carbonyl (C=O) groups excluding carboxylic acids is 1. The van der Waals surface area contributed by atoms with Crippen LogP contribution in [0.1, 0.15) is 15.2 Å². The van der Waals surface area contributed by atoms with E-state index in [9.17, 15) is 9.59 Å². The van der Waals surface area contributed by atoms with E-state index in [1.807, 2.05) is 42.6 Å². The topological polar surface area (TPSA) is 75.6 Å². The number of hydrogen-bond donors (Lipinski definition) is 2. The van der Waals surface area contributed by atoms with Crippen LogP contribution in [0.3, 0.4) is 0 Å². The first-order valence-electron chi connectivity index (χ1n) is 6.70. The molecule has 0 radical (unpaired) electrons. The molecule has 1 aromatic carbocycles. The zero-order chi connectivity index (χ0) is 16.1. The fraction of sp³-hybridized carbons (Fsp3) is 0.250. The Balaban J connectivity index is 2.23. The van der Waals surface area contributed by atoms with Crippen LogP contribution in [0.15, 0.2) is 35.7 Å². The van der Waals surface area contributed by atoms with Gasteiger partial charge in [0.05, 0.1) is 11.5 Å². The molecule has 116 valence electrons. The Hall–Kier alpha value is -2.18. The van der Waals surface area contributed by atoms with Crippen molar-refractivity contribution in [2.75, 3.05) is 13.7 Å². The Morgan fingerprint density at radius 1 is 1.27 bits per heavy atom. The molecule has 1 unspecified atom stereocenters. The van der Waals surface area contributed by atoms with Gasteiger partial charge >= 0.3 is 5.97 Å². The van der Waals surface area contributed by atoms with E-state index in [0.29, 0.717) is 4.88 Å². The van der Waals surface area contributed by atoms with Crippen LogP contribution in [0.2, 0.25) is 0 Å². The highest BCUT2D eigenvalue weighted by Gasteiger charge is 2.23. The van der Waals surface area contributed by atoms with Gasteiger partial charge in [-0.3, -0.25) is 4.79 Å². The minimum atomic E-state index is -1.12. The largest absolute Gasteiger partial charge is 0.480 e. The lowest BCUT2D eigenvalue weighted by atomic mass is 10.0. The van der Waals surface area contributed by atoms with Crippen LogP contribution in [0.5, 0.6) is 0 Å². The lowest BCUT2D eigenvalue weighted by molar-refractivity contribution is -0.140. The highest BCUT2D eigenvalue weighted by atomic mass is 32.1. The zero-order valence-corrected chi connectivity index (χ0v) is 13.1. The van der Waals surface area contributed by atoms with E-state index in [-0.39, 0.29) is 6.61 Å². The summed E-state index contributed by atoms with van der Waals surface area (Å²) >= 11 is 1.28. The monoisotopic (exact) mass is 319 g/mol. The summed E-state index contributed by atoms with van der Waals surface area (Å²) in [5, 5.41) is 13.4. The van der Waals surface area contributed by atoms with Crippen LogP contribution < -0.4 is 5.32 Å². The van der Waals surface area contributed by atoms with E-state index in [0.717, 1.165) is 16.7 Å². The van der Waals surface area contributed by atoms with Crippen molar-refractivity contribution >= 4 is 23.2 Å². The first kappa shape index (κ1) is 16.2. The van der Waals surface area contributed by atoms with Crippen molar-refractivity contribution < 1.29 is 19.4 Å². The van der Waals surface area contributed by atoms with E-state index < -0.39 is 17.9 Å². The molecule has 1 amide bonds. The summed E-state index contributed by atoms with van der Waals surface area (Å²) in [6, 6.07) is 8.62. The number of carboxylic acids is 1. The first-order chi connectivity index (χ1) is 10.5. The molecule has 2 N–H and O–H groups in total. The van der Waals surface area contributed by atoms with Crippen molar-refractivity contribution in [3.8, 4) is 11.1 Å². The van der Waals surface area contributed by atoms with E-state index in [1.54, 1.807) is 0 Å². The Kier molecular flexibility index (Phi) is 5.30. The molecule has 1 atom stereocenters. The molecular weight excluding hydrogens is 302 g/mol. The maximum absolute atomic E-state index is 12.3. The van der Waals surface area contributed by atoms with E-state index in [2.05, 4.69) is 5.32 Å². The number of thiophene rings is 1. The molecule has 0 saturated heterocycles. The van der Waals surface area contributed by atoms with E-state index >= 15 is 0 Å². The summed E-state index contributed by atoms with van der Waals surface area (Å²) < 4.78 is 4.82. The Morgan fingerprint density at radius 2 is 1.95 bits per heavy atom. The molecule has 2 rings (SSSR count). The third-order valence-electron chi connectivity index (χ3n) is 3.17. The van der Waals surface area contributed by atoms with Gasteiger partial charge < -0.3 is 15.2 Å². The number of carbonyl (C=O) groups is 2. The van der Waals surface area contributed by atoms with Crippen molar-refractivity contribution in [2.24, 2.45) is 0 Å². The van der Waals surface area contributed by atoms with Crippen LogP contribution in [-0.4, -0.2) is 36.7 Å². The van der Waals surface area contributed by atoms with Crippen molar-refractivity contribution in [3.05, 3.63) is 46.2 Å². The highest BCUT2D eigenvalue weighted by Crippen LogP contribution is 2.28. The van der Waals surface area contributed by atoms with Gasteiger partial charge in [0.2, 0.25) is 0 Å². The summed E-state index contributed by atoms with van der Waals surface area (Å²) in [7, 11) is 1.39. The predicted molar refractivity (Wildman–Crippen MR) is 85.3 cm³/mol. The maximum atomic E-state index is 12.3. The summed E-state index contributed by atoms with van der Waals surface area (Å²) in [5.74, 6) is -1.53. The van der Waals surface area contributed by atoms with Gasteiger partial charge in [-0.2, -0.15) is 0 Å². The molecule has 0 aliphatic heterocycles. The summed E-state index contributed by atoms with van der Waals surface area (Å²) in [6.45, 7) is 1.92. The van der Waals surface area contributed by atoms with Crippen LogP contribution in [0.4, 0.5) is 0 Å². The number of aliphatic carboxylic acids is 1. The lowest BCUT2D eigenvalue weighted by Gasteiger charge is -2.13. The number of hydrogen-bond acceptors (Lipinski definition) is 4. The quantitative estimate of drug-likeness (QED) is 0.858. The van der Waals surface area contributed by atoms with Gasteiger partial charge in [-0.05, 0) is 23.9 Å². The Bertz CT molecular complexity index is 663. The number of ether oxygens (including phenoxy) is 1. The van der Waals surface area contributed by atoms with Gasteiger partial charge in [-0.15, -0.1) is 11.3 Å². The second-order valence-electron chi connectivity index (χ2n) is 4.85. The fourth-order valence-corrected chi connectivity index (χ4v) is 2.83. The molecule has 6 heteroatoms. The number of nitrogens with one attached hydrogen (secondary N) is 1. The van der Waals surface area contributed by atoms with E-state index in [1.165, 1.54) is 18.4 Å². The average molecular weight is 319 g/mol. The van der Waals surface area contributed by atoms with Crippen LogP contribution in [-0.2, 0) is 9.53 Å². The number of aryl methyl sites for hydroxylation is 1. The fourth-order valence-electron chi connectivity index (χ4n) is 2.01. The van der Waals surface area contributed by atoms with Crippen molar-refractivity contribution in [3.63, 3.8) is 0 Å². The van der Waals surface area contributed by atoms with Gasteiger partial charge in [0.15, 0.2) is 6.04 Å². The smallest absolute Gasteiger partial charge is 0.328 e. The van der Waals surface area contributed by atoms with Crippen molar-refractivity contribution in [2.45, 2.75) is 13.0 Å². The SMILES string of the molecule is COCC(NC(=O)c1sccc1-c1ccc(C)cc1)C(=O)O. The molecule has 0 fully saturated rings. The molecular formula is C16H17NO4S. The average Bonchev–Trinajstić information content (AvgIpc) is 2.97.